The van der Waals surface area contributed by atoms with Crippen LogP contribution < -0.4 is 0 Å². The summed E-state index contributed by atoms with van der Waals surface area (Å²) >= 11 is 0. The molecule has 0 saturated carbocycles. The summed E-state index contributed by atoms with van der Waals surface area (Å²) in [4.78, 5) is 0. The topological polar surface area (TPSA) is 109 Å². The van der Waals surface area contributed by atoms with Crippen molar-refractivity contribution in [1.82, 2.24) is 4.31 Å². The van der Waals surface area contributed by atoms with Crippen LogP contribution in [0.4, 0.5) is 0 Å². The summed E-state index contributed by atoms with van der Waals surface area (Å²) < 4.78 is 27.4. The van der Waals surface area contributed by atoms with Crippen molar-refractivity contribution >= 4 is 10.0 Å². The predicted octanol–water partition coefficient (Wildman–Crippen LogP) is 6.99. The molecule has 0 amide bonds. The first-order valence-electron chi connectivity index (χ1n) is 13.2. The zero-order valence-corrected chi connectivity index (χ0v) is 21.8. The zero-order chi connectivity index (χ0) is 24.6. The smallest absolute Gasteiger partial charge is 0.211 e. The first-order chi connectivity index (χ1) is 16.0. The van der Waals surface area contributed by atoms with Crippen LogP contribution >= 0.6 is 0 Å². The molecule has 0 N–H and O–H groups in total. The molecule has 0 saturated heterocycles. The summed E-state index contributed by atoms with van der Waals surface area (Å²) in [5, 5.41) is 25.5. The highest BCUT2D eigenvalue weighted by atomic mass is 32.2. The monoisotopic (exact) mass is 478 g/mol. The molecule has 188 valence electrons. The molecule has 33 heavy (non-hydrogen) atoms. The molecule has 1 unspecified atom stereocenters. The highest BCUT2D eigenvalue weighted by Crippen LogP contribution is 2.17. The van der Waals surface area contributed by atoms with E-state index < -0.39 is 15.3 Å². The molecule has 0 aromatic carbocycles. The Morgan fingerprint density at radius 3 is 1.24 bits per heavy atom. The molecule has 0 aliphatic heterocycles. The number of sulfonamides is 1. The summed E-state index contributed by atoms with van der Waals surface area (Å²) in [6, 6.07) is 6.34. The molecule has 0 fully saturated rings. The standard InChI is InChI=1S/C26H46N4O2S/c1-2-26(25-29)33(31,32)30(23-19-15-11-7-3-5-9-13-17-21-27)24-20-16-12-8-4-6-10-14-18-22-28/h26H,2-20,23-24H2,1H3. The van der Waals surface area contributed by atoms with Crippen molar-refractivity contribution in [2.24, 2.45) is 0 Å². The first-order valence-corrected chi connectivity index (χ1v) is 14.7. The van der Waals surface area contributed by atoms with Gasteiger partial charge in [-0.15, -0.1) is 0 Å². The molecular weight excluding hydrogens is 432 g/mol. The number of hydrogen-bond acceptors (Lipinski definition) is 5. The van der Waals surface area contributed by atoms with Crippen LogP contribution in [0.2, 0.25) is 0 Å². The van der Waals surface area contributed by atoms with Crippen molar-refractivity contribution in [2.75, 3.05) is 13.1 Å². The summed E-state index contributed by atoms with van der Waals surface area (Å²) in [5.41, 5.74) is 0. The SMILES string of the molecule is CCC(C#N)S(=O)(=O)N(CCCCCCCCCCC#N)CCCCCCCCCCC#N. The molecule has 0 spiro atoms. The molecule has 0 rings (SSSR count). The van der Waals surface area contributed by atoms with Gasteiger partial charge in [0.05, 0.1) is 18.2 Å². The van der Waals surface area contributed by atoms with Crippen molar-refractivity contribution in [2.45, 2.75) is 134 Å². The van der Waals surface area contributed by atoms with Gasteiger partial charge in [0.25, 0.3) is 0 Å². The van der Waals surface area contributed by atoms with Gasteiger partial charge in [-0.05, 0) is 32.1 Å². The molecule has 0 radical (unpaired) electrons. The Morgan fingerprint density at radius 1 is 0.606 bits per heavy atom. The van der Waals surface area contributed by atoms with Gasteiger partial charge < -0.3 is 0 Å². The van der Waals surface area contributed by atoms with Crippen LogP contribution in [0.15, 0.2) is 0 Å². The maximum atomic E-state index is 12.9. The van der Waals surface area contributed by atoms with E-state index in [1.54, 1.807) is 11.2 Å². The van der Waals surface area contributed by atoms with Crippen LogP contribution in [0.25, 0.3) is 0 Å². The number of nitrogens with zero attached hydrogens (tertiary/aromatic N) is 4. The number of nitriles is 3. The van der Waals surface area contributed by atoms with Gasteiger partial charge >= 0.3 is 0 Å². The summed E-state index contributed by atoms with van der Waals surface area (Å²) in [6.07, 6.45) is 18.8. The molecule has 0 aromatic heterocycles. The van der Waals surface area contributed by atoms with Gasteiger partial charge in [0, 0.05) is 25.9 Å². The lowest BCUT2D eigenvalue weighted by Gasteiger charge is -2.24. The average Bonchev–Trinajstić information content (AvgIpc) is 2.80. The van der Waals surface area contributed by atoms with E-state index >= 15 is 0 Å². The van der Waals surface area contributed by atoms with Gasteiger partial charge in [-0.2, -0.15) is 15.8 Å². The predicted molar refractivity (Wildman–Crippen MR) is 135 cm³/mol. The lowest BCUT2D eigenvalue weighted by Crippen LogP contribution is -2.39. The van der Waals surface area contributed by atoms with Gasteiger partial charge in [0.2, 0.25) is 10.0 Å². The minimum atomic E-state index is -3.56. The Balaban J connectivity index is 4.23. The number of unbranched alkanes of at least 4 members (excludes halogenated alkanes) is 16. The van der Waals surface area contributed by atoms with Crippen LogP contribution in [-0.2, 0) is 10.0 Å². The lowest BCUT2D eigenvalue weighted by atomic mass is 10.1. The highest BCUT2D eigenvalue weighted by Gasteiger charge is 2.30. The first kappa shape index (κ1) is 31.4. The second-order valence-electron chi connectivity index (χ2n) is 8.94. The third-order valence-corrected chi connectivity index (χ3v) is 8.37. The van der Waals surface area contributed by atoms with E-state index in [1.165, 1.54) is 25.7 Å². The lowest BCUT2D eigenvalue weighted by molar-refractivity contribution is 0.380. The Bertz CT molecular complexity index is 655. The highest BCUT2D eigenvalue weighted by molar-refractivity contribution is 7.90. The van der Waals surface area contributed by atoms with E-state index in [1.807, 2.05) is 6.07 Å². The van der Waals surface area contributed by atoms with E-state index in [-0.39, 0.29) is 0 Å². The Kier molecular flexibility index (Phi) is 21.1. The second-order valence-corrected chi connectivity index (χ2v) is 11.1. The molecule has 1 atom stereocenters. The van der Waals surface area contributed by atoms with Gasteiger partial charge in [0.15, 0.2) is 5.25 Å². The second kappa shape index (κ2) is 22.2. The Labute approximate surface area is 204 Å². The third kappa shape index (κ3) is 16.6. The molecule has 7 heteroatoms. The number of hydrogen-bond donors (Lipinski definition) is 0. The van der Waals surface area contributed by atoms with Crippen LogP contribution in [0.3, 0.4) is 0 Å². The van der Waals surface area contributed by atoms with Crippen molar-refractivity contribution in [1.29, 1.82) is 15.8 Å². The third-order valence-electron chi connectivity index (χ3n) is 6.13. The van der Waals surface area contributed by atoms with E-state index in [0.717, 1.165) is 77.0 Å². The minimum absolute atomic E-state index is 0.326. The van der Waals surface area contributed by atoms with E-state index in [2.05, 4.69) is 12.1 Å². The zero-order valence-electron chi connectivity index (χ0n) is 20.9. The maximum Gasteiger partial charge on any atom is 0.230 e. The number of rotatable bonds is 23. The molecule has 0 bridgehead atoms. The van der Waals surface area contributed by atoms with Gasteiger partial charge in [-0.3, -0.25) is 0 Å². The van der Waals surface area contributed by atoms with E-state index in [4.69, 9.17) is 10.5 Å². The molecular formula is C26H46N4O2S. The fraction of sp³-hybridized carbons (Fsp3) is 0.885. The molecule has 0 aromatic rings. The average molecular weight is 479 g/mol. The molecule has 0 heterocycles. The normalized spacial score (nSPS) is 12.2. The van der Waals surface area contributed by atoms with Crippen LogP contribution in [0.5, 0.6) is 0 Å². The van der Waals surface area contributed by atoms with Crippen molar-refractivity contribution in [3.05, 3.63) is 0 Å². The van der Waals surface area contributed by atoms with E-state index in [0.29, 0.717) is 32.4 Å². The fourth-order valence-corrected chi connectivity index (χ4v) is 5.70. The molecule has 6 nitrogen and oxygen atoms in total. The van der Waals surface area contributed by atoms with Gasteiger partial charge in [-0.25, -0.2) is 12.7 Å². The van der Waals surface area contributed by atoms with Crippen molar-refractivity contribution in [3.63, 3.8) is 0 Å². The van der Waals surface area contributed by atoms with Gasteiger partial charge in [-0.1, -0.05) is 84.0 Å². The van der Waals surface area contributed by atoms with E-state index in [9.17, 15) is 13.7 Å². The largest absolute Gasteiger partial charge is 0.230 e. The van der Waals surface area contributed by atoms with Crippen molar-refractivity contribution < 1.29 is 8.42 Å². The maximum absolute atomic E-state index is 12.9. The van der Waals surface area contributed by atoms with Crippen LogP contribution in [0, 0.1) is 34.0 Å². The Morgan fingerprint density at radius 2 is 0.939 bits per heavy atom. The summed E-state index contributed by atoms with van der Waals surface area (Å²) in [5.74, 6) is 0. The molecule has 0 aliphatic carbocycles. The summed E-state index contributed by atoms with van der Waals surface area (Å²) in [6.45, 7) is 2.79. The Hall–Kier alpha value is -1.62. The fourth-order valence-electron chi connectivity index (χ4n) is 4.02. The van der Waals surface area contributed by atoms with Crippen LogP contribution in [-0.4, -0.2) is 31.1 Å². The van der Waals surface area contributed by atoms with Crippen LogP contribution in [0.1, 0.15) is 129 Å². The summed E-state index contributed by atoms with van der Waals surface area (Å²) in [7, 11) is -3.56. The quantitative estimate of drug-likeness (QED) is 0.147. The minimum Gasteiger partial charge on any atom is -0.211 e. The van der Waals surface area contributed by atoms with Gasteiger partial charge in [0.1, 0.15) is 0 Å². The molecule has 0 aliphatic rings. The van der Waals surface area contributed by atoms with Crippen molar-refractivity contribution in [3.8, 4) is 18.2 Å².